The van der Waals surface area contributed by atoms with Crippen LogP contribution in [0.1, 0.15) is 0 Å². The average Bonchev–Trinajstić information content (AvgIpc) is 2.04. The van der Waals surface area contributed by atoms with Gasteiger partial charge in [-0.3, -0.25) is 0 Å². The minimum atomic E-state index is 0.243. The summed E-state index contributed by atoms with van der Waals surface area (Å²) in [6.45, 7) is 8.54. The number of ether oxygens (including phenoxy) is 1. The van der Waals surface area contributed by atoms with Gasteiger partial charge in [0, 0.05) is 0 Å². The van der Waals surface area contributed by atoms with Gasteiger partial charge in [-0.25, -0.2) is 0 Å². The highest BCUT2D eigenvalue weighted by molar-refractivity contribution is 9.09. The van der Waals surface area contributed by atoms with Crippen LogP contribution < -0.4 is 0 Å². The standard InChI is InChI=1S/C8H12Br2O/c1-3-7(9)5-11-6-8(10)4-2/h3-4,7-8H,1-2,5-6H2. The molecular formula is C8H12Br2O. The molecule has 64 valence electrons. The molecule has 0 amide bonds. The van der Waals surface area contributed by atoms with Crippen molar-refractivity contribution in [3.8, 4) is 0 Å². The molecule has 0 rings (SSSR count). The van der Waals surface area contributed by atoms with Crippen LogP contribution >= 0.6 is 31.9 Å². The maximum Gasteiger partial charge on any atom is 0.0627 e. The van der Waals surface area contributed by atoms with Crippen molar-refractivity contribution in [2.75, 3.05) is 13.2 Å². The predicted molar refractivity (Wildman–Crippen MR) is 56.6 cm³/mol. The molecule has 0 heterocycles. The molecule has 2 unspecified atom stereocenters. The van der Waals surface area contributed by atoms with Crippen molar-refractivity contribution in [1.82, 2.24) is 0 Å². The number of alkyl halides is 2. The van der Waals surface area contributed by atoms with Crippen LogP contribution in [0.2, 0.25) is 0 Å². The first-order valence-corrected chi connectivity index (χ1v) is 5.14. The first kappa shape index (κ1) is 11.4. The molecular weight excluding hydrogens is 272 g/mol. The lowest BCUT2D eigenvalue weighted by Gasteiger charge is -2.07. The molecule has 0 bridgehead atoms. The molecule has 3 heteroatoms. The van der Waals surface area contributed by atoms with Gasteiger partial charge in [0.05, 0.1) is 22.9 Å². The molecule has 0 aromatic heterocycles. The Bertz CT molecular complexity index is 111. The molecule has 11 heavy (non-hydrogen) atoms. The van der Waals surface area contributed by atoms with Crippen LogP contribution in [-0.2, 0) is 4.74 Å². The summed E-state index contributed by atoms with van der Waals surface area (Å²) in [5.74, 6) is 0. The third-order valence-corrected chi connectivity index (χ3v) is 2.34. The molecule has 0 aliphatic heterocycles. The van der Waals surface area contributed by atoms with Crippen LogP contribution in [0.3, 0.4) is 0 Å². The van der Waals surface area contributed by atoms with Crippen molar-refractivity contribution >= 4 is 31.9 Å². The SMILES string of the molecule is C=CC(Br)COCC(Br)C=C. The van der Waals surface area contributed by atoms with E-state index in [4.69, 9.17) is 4.74 Å². The number of halogens is 2. The van der Waals surface area contributed by atoms with Crippen LogP contribution in [-0.4, -0.2) is 22.9 Å². The van der Waals surface area contributed by atoms with E-state index in [1.54, 1.807) is 12.2 Å². The summed E-state index contributed by atoms with van der Waals surface area (Å²) in [7, 11) is 0. The Hall–Kier alpha value is 0.400. The summed E-state index contributed by atoms with van der Waals surface area (Å²) >= 11 is 6.73. The highest BCUT2D eigenvalue weighted by Gasteiger charge is 2.00. The summed E-state index contributed by atoms with van der Waals surface area (Å²) < 4.78 is 5.30. The van der Waals surface area contributed by atoms with E-state index in [-0.39, 0.29) is 9.65 Å². The minimum Gasteiger partial charge on any atom is -0.378 e. The second kappa shape index (κ2) is 7.07. The Kier molecular flexibility index (Phi) is 7.33. The van der Waals surface area contributed by atoms with E-state index in [0.717, 1.165) is 0 Å². The fourth-order valence-electron chi connectivity index (χ4n) is 0.429. The van der Waals surface area contributed by atoms with Crippen molar-refractivity contribution in [3.05, 3.63) is 25.3 Å². The average molecular weight is 284 g/mol. The third-order valence-electron chi connectivity index (χ3n) is 1.07. The maximum atomic E-state index is 5.30. The second-order valence-electron chi connectivity index (χ2n) is 2.04. The highest BCUT2D eigenvalue weighted by atomic mass is 79.9. The Morgan fingerprint density at radius 3 is 1.73 bits per heavy atom. The molecule has 0 radical (unpaired) electrons. The number of hydrogen-bond acceptors (Lipinski definition) is 1. The molecule has 0 fully saturated rings. The summed E-state index contributed by atoms with van der Waals surface area (Å²) in [6.07, 6.45) is 3.61. The Morgan fingerprint density at radius 2 is 1.45 bits per heavy atom. The lowest BCUT2D eigenvalue weighted by atomic mass is 10.4. The molecule has 2 atom stereocenters. The lowest BCUT2D eigenvalue weighted by molar-refractivity contribution is 0.151. The van der Waals surface area contributed by atoms with E-state index >= 15 is 0 Å². The Morgan fingerprint density at radius 1 is 1.09 bits per heavy atom. The van der Waals surface area contributed by atoms with Gasteiger partial charge in [-0.15, -0.1) is 13.2 Å². The molecule has 0 spiro atoms. The number of hydrogen-bond donors (Lipinski definition) is 0. The van der Waals surface area contributed by atoms with E-state index in [1.807, 2.05) is 0 Å². The van der Waals surface area contributed by atoms with Crippen molar-refractivity contribution in [1.29, 1.82) is 0 Å². The summed E-state index contributed by atoms with van der Waals surface area (Å²) in [5, 5.41) is 0. The van der Waals surface area contributed by atoms with E-state index in [9.17, 15) is 0 Å². The second-order valence-corrected chi connectivity index (χ2v) is 4.39. The van der Waals surface area contributed by atoms with Gasteiger partial charge in [0.15, 0.2) is 0 Å². The zero-order chi connectivity index (χ0) is 8.69. The van der Waals surface area contributed by atoms with Gasteiger partial charge in [0.1, 0.15) is 0 Å². The fourth-order valence-corrected chi connectivity index (χ4v) is 0.803. The van der Waals surface area contributed by atoms with Crippen LogP contribution in [0, 0.1) is 0 Å². The van der Waals surface area contributed by atoms with Gasteiger partial charge >= 0.3 is 0 Å². The van der Waals surface area contributed by atoms with Crippen LogP contribution in [0.25, 0.3) is 0 Å². The summed E-state index contributed by atoms with van der Waals surface area (Å²) in [6, 6.07) is 0. The van der Waals surface area contributed by atoms with Crippen LogP contribution in [0.4, 0.5) is 0 Å². The molecule has 0 aliphatic rings. The Labute approximate surface area is 84.8 Å². The smallest absolute Gasteiger partial charge is 0.0627 e. The molecule has 0 aromatic carbocycles. The van der Waals surface area contributed by atoms with Crippen molar-refractivity contribution in [2.45, 2.75) is 9.65 Å². The first-order chi connectivity index (χ1) is 5.20. The number of rotatable bonds is 6. The van der Waals surface area contributed by atoms with Crippen molar-refractivity contribution in [2.24, 2.45) is 0 Å². The lowest BCUT2D eigenvalue weighted by Crippen LogP contribution is -2.11. The maximum absolute atomic E-state index is 5.30. The summed E-state index contributed by atoms with van der Waals surface area (Å²) in [5.41, 5.74) is 0. The van der Waals surface area contributed by atoms with Gasteiger partial charge in [-0.2, -0.15) is 0 Å². The van der Waals surface area contributed by atoms with Gasteiger partial charge in [-0.1, -0.05) is 44.0 Å². The molecule has 1 nitrogen and oxygen atoms in total. The summed E-state index contributed by atoms with van der Waals surface area (Å²) in [4.78, 5) is 0.485. The Balaban J connectivity index is 3.26. The van der Waals surface area contributed by atoms with Crippen molar-refractivity contribution in [3.63, 3.8) is 0 Å². The molecule has 0 aliphatic carbocycles. The fraction of sp³-hybridized carbons (Fsp3) is 0.500. The third kappa shape index (κ3) is 6.78. The van der Waals surface area contributed by atoms with Crippen LogP contribution in [0.5, 0.6) is 0 Å². The normalized spacial score (nSPS) is 15.5. The van der Waals surface area contributed by atoms with E-state index in [0.29, 0.717) is 13.2 Å². The van der Waals surface area contributed by atoms with Gasteiger partial charge in [0.25, 0.3) is 0 Å². The molecule has 0 N–H and O–H groups in total. The topological polar surface area (TPSA) is 9.23 Å². The zero-order valence-electron chi connectivity index (χ0n) is 6.30. The zero-order valence-corrected chi connectivity index (χ0v) is 9.47. The highest BCUT2D eigenvalue weighted by Crippen LogP contribution is 2.04. The molecule has 0 saturated carbocycles. The molecule has 0 saturated heterocycles. The quantitative estimate of drug-likeness (QED) is 0.538. The van der Waals surface area contributed by atoms with Crippen molar-refractivity contribution < 1.29 is 4.74 Å². The predicted octanol–water partition coefficient (Wildman–Crippen LogP) is 2.90. The van der Waals surface area contributed by atoms with E-state index in [2.05, 4.69) is 45.0 Å². The minimum absolute atomic E-state index is 0.243. The first-order valence-electron chi connectivity index (χ1n) is 3.31. The molecule has 0 aromatic rings. The monoisotopic (exact) mass is 282 g/mol. The van der Waals surface area contributed by atoms with Gasteiger partial charge in [0.2, 0.25) is 0 Å². The largest absolute Gasteiger partial charge is 0.378 e. The van der Waals surface area contributed by atoms with Gasteiger partial charge < -0.3 is 4.74 Å². The van der Waals surface area contributed by atoms with E-state index < -0.39 is 0 Å². The van der Waals surface area contributed by atoms with Gasteiger partial charge in [-0.05, 0) is 0 Å². The van der Waals surface area contributed by atoms with Crippen LogP contribution in [0.15, 0.2) is 25.3 Å². The van der Waals surface area contributed by atoms with E-state index in [1.165, 1.54) is 0 Å².